The summed E-state index contributed by atoms with van der Waals surface area (Å²) in [6.07, 6.45) is -14.2. The van der Waals surface area contributed by atoms with E-state index in [1.165, 1.54) is 41.0 Å². The zero-order chi connectivity index (χ0) is 65.3. The fourth-order valence-corrected chi connectivity index (χ4v) is 14.4. The number of alkyl halides is 9. The Morgan fingerprint density at radius 2 is 0.543 bits per heavy atom. The first-order chi connectivity index (χ1) is 45.2. The number of nitriles is 1. The molecule has 0 radical (unpaired) electrons. The van der Waals surface area contributed by atoms with Gasteiger partial charge in [-0.05, 0) is 146 Å². The van der Waals surface area contributed by atoms with Gasteiger partial charge in [0.05, 0.1) is 89.1 Å². The van der Waals surface area contributed by atoms with Gasteiger partial charge < -0.3 is 18.3 Å². The Morgan fingerprint density at radius 3 is 0.883 bits per heavy atom. The largest absolute Gasteiger partial charge is 0.418 e. The van der Waals surface area contributed by atoms with Crippen molar-refractivity contribution in [2.45, 2.75) is 46.2 Å². The van der Waals surface area contributed by atoms with Crippen molar-refractivity contribution in [3.8, 4) is 51.1 Å². The molecule has 0 spiro atoms. The Kier molecular flexibility index (Phi) is 13.8. The molecule has 4 heterocycles. The molecular weight excluding hydrogens is 1200 g/mol. The van der Waals surface area contributed by atoms with E-state index < -0.39 is 35.2 Å². The van der Waals surface area contributed by atoms with Gasteiger partial charge in [0, 0.05) is 54.2 Å². The van der Waals surface area contributed by atoms with Crippen LogP contribution in [-0.4, -0.2) is 18.3 Å². The first kappa shape index (κ1) is 59.0. The highest BCUT2D eigenvalue weighted by molar-refractivity contribution is 6.15. The summed E-state index contributed by atoms with van der Waals surface area (Å²) >= 11 is 0. The molecule has 12 aromatic carbocycles. The highest BCUT2D eigenvalue weighted by atomic mass is 19.4. The van der Waals surface area contributed by atoms with Crippen molar-refractivity contribution < 1.29 is 39.5 Å². The molecule has 0 bridgehead atoms. The van der Waals surface area contributed by atoms with Crippen LogP contribution < -0.4 is 0 Å². The number of aryl methyl sites for hydroxylation is 4. The van der Waals surface area contributed by atoms with Crippen LogP contribution in [0, 0.1) is 39.0 Å². The number of aromatic nitrogens is 4. The lowest BCUT2D eigenvalue weighted by Gasteiger charge is -2.23. The maximum atomic E-state index is 15.4. The van der Waals surface area contributed by atoms with Gasteiger partial charge in [0.1, 0.15) is 6.07 Å². The number of hydrogen-bond donors (Lipinski definition) is 0. The first-order valence-electron chi connectivity index (χ1n) is 30.4. The van der Waals surface area contributed by atoms with Crippen LogP contribution >= 0.6 is 0 Å². The number of hydrogen-bond acceptors (Lipinski definition) is 1. The smallest absolute Gasteiger partial charge is 0.309 e. The van der Waals surface area contributed by atoms with Crippen LogP contribution in [0.4, 0.5) is 39.5 Å². The second kappa shape index (κ2) is 21.9. The molecule has 0 saturated carbocycles. The van der Waals surface area contributed by atoms with Crippen molar-refractivity contribution >= 4 is 87.2 Å². The van der Waals surface area contributed by atoms with E-state index in [2.05, 4.69) is 6.07 Å². The van der Waals surface area contributed by atoms with Crippen LogP contribution in [0.5, 0.6) is 0 Å². The topological polar surface area (TPSA) is 43.5 Å². The van der Waals surface area contributed by atoms with Crippen molar-refractivity contribution in [3.05, 3.63) is 287 Å². The molecule has 14 heteroatoms. The summed E-state index contributed by atoms with van der Waals surface area (Å²) in [4.78, 5) is 0. The standard InChI is InChI=1S/C40H26F6N2.C40H26F3N3/c1-23-11-9-19-33-37(23)26-14-4-7-17-31(26)47(33)35-22-30(40(44,45)46)36(21-28(35)25-13-3-6-16-29(25)39(41,42)43)48-32-18-8-5-15-27(32)38-24(2)12-10-20-34(38)48;1-24-11-9-19-34-38(24)28-14-4-7-17-32(28)45(34)36-22-30(27-13-3-6-16-31(27)40(41,42)43)37(21-26(36)23-44)46-33-18-8-5-15-29(33)39-25(2)12-10-20-35(39)46/h3-22H,1-2H3;3-22H,1-2H3. The normalized spacial score (nSPS) is 12.3. The predicted molar refractivity (Wildman–Crippen MR) is 360 cm³/mol. The molecule has 0 atom stereocenters. The predicted octanol–water partition coefficient (Wildman–Crippen LogP) is 23.3. The highest BCUT2D eigenvalue weighted by Gasteiger charge is 2.40. The molecule has 0 unspecified atom stereocenters. The first-order valence-corrected chi connectivity index (χ1v) is 30.4. The molecule has 0 aliphatic carbocycles. The van der Waals surface area contributed by atoms with Gasteiger partial charge in [0.2, 0.25) is 0 Å². The lowest BCUT2D eigenvalue weighted by molar-refractivity contribution is -0.138. The zero-order valence-corrected chi connectivity index (χ0v) is 50.7. The Hall–Kier alpha value is -11.3. The van der Waals surface area contributed by atoms with E-state index in [0.717, 1.165) is 106 Å². The third-order valence-electron chi connectivity index (χ3n) is 18.3. The lowest BCUT2D eigenvalue weighted by Crippen LogP contribution is -2.14. The molecule has 0 aliphatic rings. The Morgan fingerprint density at radius 1 is 0.266 bits per heavy atom. The second-order valence-electron chi connectivity index (χ2n) is 23.8. The number of rotatable bonds is 6. The van der Waals surface area contributed by atoms with Crippen LogP contribution in [0.15, 0.2) is 243 Å². The summed E-state index contributed by atoms with van der Waals surface area (Å²) in [6, 6.07) is 72.1. The number of benzene rings is 12. The molecule has 16 aromatic rings. The fourth-order valence-electron chi connectivity index (χ4n) is 14.4. The minimum absolute atomic E-state index is 0.00322. The molecule has 460 valence electrons. The van der Waals surface area contributed by atoms with E-state index in [4.69, 9.17) is 0 Å². The summed E-state index contributed by atoms with van der Waals surface area (Å²) < 4.78 is 142. The highest BCUT2D eigenvalue weighted by Crippen LogP contribution is 2.49. The molecule has 0 aliphatic heterocycles. The van der Waals surface area contributed by atoms with Gasteiger partial charge in [-0.25, -0.2) is 0 Å². The molecule has 4 aromatic heterocycles. The number of fused-ring (bicyclic) bond motifs is 12. The second-order valence-corrected chi connectivity index (χ2v) is 23.8. The van der Waals surface area contributed by atoms with E-state index in [1.807, 2.05) is 158 Å². The van der Waals surface area contributed by atoms with Gasteiger partial charge in [-0.2, -0.15) is 44.8 Å². The van der Waals surface area contributed by atoms with E-state index in [9.17, 15) is 31.6 Å². The van der Waals surface area contributed by atoms with Crippen molar-refractivity contribution in [3.63, 3.8) is 0 Å². The molecule has 0 amide bonds. The van der Waals surface area contributed by atoms with Crippen molar-refractivity contribution in [2.24, 2.45) is 0 Å². The average Bonchev–Trinajstić information content (AvgIpc) is 1.50. The minimum atomic E-state index is -4.86. The average molecular weight is 1250 g/mol. The van der Waals surface area contributed by atoms with E-state index in [-0.39, 0.29) is 28.1 Å². The third-order valence-corrected chi connectivity index (χ3v) is 18.3. The van der Waals surface area contributed by atoms with E-state index in [1.54, 1.807) is 71.3 Å². The van der Waals surface area contributed by atoms with Crippen molar-refractivity contribution in [2.75, 3.05) is 0 Å². The van der Waals surface area contributed by atoms with Crippen LogP contribution in [0.1, 0.15) is 44.5 Å². The molecule has 16 rings (SSSR count). The van der Waals surface area contributed by atoms with E-state index in [0.29, 0.717) is 44.6 Å². The van der Waals surface area contributed by atoms with Gasteiger partial charge >= 0.3 is 18.5 Å². The third kappa shape index (κ3) is 9.31. The van der Waals surface area contributed by atoms with Gasteiger partial charge in [-0.3, -0.25) is 0 Å². The van der Waals surface area contributed by atoms with Crippen molar-refractivity contribution in [1.82, 2.24) is 18.3 Å². The summed E-state index contributed by atoms with van der Waals surface area (Å²) in [5, 5.41) is 17.9. The Balaban J connectivity index is 0.000000155. The molecule has 0 saturated heterocycles. The van der Waals surface area contributed by atoms with Gasteiger partial charge in [0.15, 0.2) is 0 Å². The summed E-state index contributed by atoms with van der Waals surface area (Å²) in [6.45, 7) is 7.88. The summed E-state index contributed by atoms with van der Waals surface area (Å²) in [5.74, 6) is 0. The lowest BCUT2D eigenvalue weighted by atomic mass is 9.94. The van der Waals surface area contributed by atoms with E-state index >= 15 is 13.2 Å². The minimum Gasteiger partial charge on any atom is -0.309 e. The fraction of sp³-hybridized carbons (Fsp3) is 0.0875. The quantitative estimate of drug-likeness (QED) is 0.153. The number of nitrogens with zero attached hydrogens (tertiary/aromatic N) is 5. The summed E-state index contributed by atoms with van der Waals surface area (Å²) in [7, 11) is 0. The maximum absolute atomic E-state index is 15.4. The molecular formula is C80H52F9N5. The molecule has 0 N–H and O–H groups in total. The molecule has 0 fully saturated rings. The van der Waals surface area contributed by atoms with Gasteiger partial charge in [-0.15, -0.1) is 0 Å². The van der Waals surface area contributed by atoms with Gasteiger partial charge in [-0.1, -0.05) is 158 Å². The van der Waals surface area contributed by atoms with Crippen LogP contribution in [0.2, 0.25) is 0 Å². The SMILES string of the molecule is Cc1cccc2c1c1ccccc1n2-c1cc(-c2ccccc2C(F)(F)F)c(-n2c3ccccc3c3c(C)cccc32)cc1C#N.Cc1cccc2c1c1ccccc1n2-c1cc(C(F)(F)F)c(-n2c3ccccc3c3c(C)cccc32)cc1-c1ccccc1C(F)(F)F. The number of para-hydroxylation sites is 4. The Labute approximate surface area is 532 Å². The van der Waals surface area contributed by atoms with Crippen LogP contribution in [-0.2, 0) is 18.5 Å². The maximum Gasteiger partial charge on any atom is 0.418 e. The Bertz CT molecular complexity index is 5840. The molecule has 5 nitrogen and oxygen atoms in total. The van der Waals surface area contributed by atoms with Crippen LogP contribution in [0.3, 0.4) is 0 Å². The van der Waals surface area contributed by atoms with Gasteiger partial charge in [0.25, 0.3) is 0 Å². The monoisotopic (exact) mass is 1250 g/mol. The molecule has 94 heavy (non-hydrogen) atoms. The zero-order valence-electron chi connectivity index (χ0n) is 50.7. The summed E-state index contributed by atoms with van der Waals surface area (Å²) in [5.41, 5.74) is 8.29. The number of halogens is 9. The van der Waals surface area contributed by atoms with Crippen LogP contribution in [0.25, 0.3) is 132 Å². The van der Waals surface area contributed by atoms with Crippen molar-refractivity contribution in [1.29, 1.82) is 5.26 Å².